The Labute approximate surface area is 212 Å². The molecule has 4 rings (SSSR count). The molecule has 0 bridgehead atoms. The van der Waals surface area contributed by atoms with Gasteiger partial charge < -0.3 is 9.47 Å². The number of hydrogen-bond donors (Lipinski definition) is 0. The SMILES string of the molecule is CCOc1cc(/C=C2/SC(=S)N(Cc3ccccc3)C2=O)ccc1OCc1c(F)cccc1Cl. The molecule has 0 radical (unpaired) electrons. The van der Waals surface area contributed by atoms with Crippen molar-refractivity contribution >= 4 is 51.9 Å². The van der Waals surface area contributed by atoms with Gasteiger partial charge >= 0.3 is 0 Å². The van der Waals surface area contributed by atoms with Gasteiger partial charge in [0, 0.05) is 5.56 Å². The van der Waals surface area contributed by atoms with E-state index in [1.165, 1.54) is 17.8 Å². The normalized spacial score (nSPS) is 14.7. The summed E-state index contributed by atoms with van der Waals surface area (Å²) in [5.41, 5.74) is 2.05. The number of amides is 1. The molecule has 0 saturated carbocycles. The van der Waals surface area contributed by atoms with E-state index in [-0.39, 0.29) is 18.1 Å². The van der Waals surface area contributed by atoms with Crippen LogP contribution >= 0.6 is 35.6 Å². The lowest BCUT2D eigenvalue weighted by atomic mass is 10.1. The predicted octanol–water partition coefficient (Wildman–Crippen LogP) is 6.86. The Morgan fingerprint density at radius 2 is 1.85 bits per heavy atom. The number of thiocarbonyl (C=S) groups is 1. The monoisotopic (exact) mass is 513 g/mol. The second kappa shape index (κ2) is 11.0. The van der Waals surface area contributed by atoms with Crippen molar-refractivity contribution in [1.82, 2.24) is 4.90 Å². The van der Waals surface area contributed by atoms with Crippen LogP contribution < -0.4 is 9.47 Å². The molecule has 1 heterocycles. The van der Waals surface area contributed by atoms with E-state index in [1.807, 2.05) is 43.3 Å². The largest absolute Gasteiger partial charge is 0.490 e. The van der Waals surface area contributed by atoms with E-state index in [0.29, 0.717) is 38.9 Å². The maximum absolute atomic E-state index is 14.1. The van der Waals surface area contributed by atoms with Crippen molar-refractivity contribution in [2.24, 2.45) is 0 Å². The van der Waals surface area contributed by atoms with Crippen molar-refractivity contribution < 1.29 is 18.7 Å². The quantitative estimate of drug-likeness (QED) is 0.243. The Balaban J connectivity index is 1.52. The molecule has 0 unspecified atom stereocenters. The van der Waals surface area contributed by atoms with Crippen molar-refractivity contribution in [3.05, 3.63) is 99.2 Å². The number of benzene rings is 3. The van der Waals surface area contributed by atoms with Crippen LogP contribution in [0.5, 0.6) is 11.5 Å². The second-order valence-corrected chi connectivity index (χ2v) is 9.46. The second-order valence-electron chi connectivity index (χ2n) is 7.38. The Hall–Kier alpha value is -2.87. The topological polar surface area (TPSA) is 38.8 Å². The summed E-state index contributed by atoms with van der Waals surface area (Å²) in [4.78, 5) is 15.1. The third kappa shape index (κ3) is 5.60. The molecule has 174 valence electrons. The highest BCUT2D eigenvalue weighted by Gasteiger charge is 2.32. The molecular formula is C26H21ClFNO3S2. The van der Waals surface area contributed by atoms with Crippen LogP contribution in [0.25, 0.3) is 6.08 Å². The van der Waals surface area contributed by atoms with Gasteiger partial charge in [-0.3, -0.25) is 9.69 Å². The predicted molar refractivity (Wildman–Crippen MR) is 139 cm³/mol. The minimum Gasteiger partial charge on any atom is -0.490 e. The first-order valence-electron chi connectivity index (χ1n) is 10.6. The Morgan fingerprint density at radius 3 is 2.59 bits per heavy atom. The molecule has 8 heteroatoms. The van der Waals surface area contributed by atoms with Gasteiger partial charge in [0.25, 0.3) is 5.91 Å². The number of thioether (sulfide) groups is 1. The van der Waals surface area contributed by atoms with Gasteiger partial charge in [0.1, 0.15) is 16.7 Å². The van der Waals surface area contributed by atoms with Gasteiger partial charge in [-0.1, -0.05) is 78.0 Å². The maximum Gasteiger partial charge on any atom is 0.266 e. The van der Waals surface area contributed by atoms with Crippen LogP contribution in [0.4, 0.5) is 4.39 Å². The van der Waals surface area contributed by atoms with E-state index >= 15 is 0 Å². The fraction of sp³-hybridized carbons (Fsp3) is 0.154. The summed E-state index contributed by atoms with van der Waals surface area (Å²) < 4.78 is 26.1. The average Bonchev–Trinajstić information content (AvgIpc) is 3.08. The molecular weight excluding hydrogens is 493 g/mol. The van der Waals surface area contributed by atoms with Gasteiger partial charge in [0.05, 0.1) is 23.1 Å². The van der Waals surface area contributed by atoms with Crippen LogP contribution in [0.1, 0.15) is 23.6 Å². The molecule has 0 N–H and O–H groups in total. The highest BCUT2D eigenvalue weighted by molar-refractivity contribution is 8.26. The van der Waals surface area contributed by atoms with Gasteiger partial charge in [0.2, 0.25) is 0 Å². The molecule has 1 aliphatic rings. The zero-order valence-electron chi connectivity index (χ0n) is 18.3. The molecule has 1 fully saturated rings. The Kier molecular flexibility index (Phi) is 7.88. The molecule has 1 amide bonds. The molecule has 4 nitrogen and oxygen atoms in total. The molecule has 0 aliphatic carbocycles. The molecule has 0 atom stereocenters. The van der Waals surface area contributed by atoms with E-state index < -0.39 is 5.82 Å². The highest BCUT2D eigenvalue weighted by Crippen LogP contribution is 2.36. The third-order valence-corrected chi connectivity index (χ3v) is 6.79. The minimum absolute atomic E-state index is 0.0386. The summed E-state index contributed by atoms with van der Waals surface area (Å²) in [7, 11) is 0. The summed E-state index contributed by atoms with van der Waals surface area (Å²) in [5.74, 6) is 0.379. The zero-order chi connectivity index (χ0) is 24.1. The van der Waals surface area contributed by atoms with E-state index in [4.69, 9.17) is 33.3 Å². The zero-order valence-corrected chi connectivity index (χ0v) is 20.7. The summed E-state index contributed by atoms with van der Waals surface area (Å²) in [5, 5.41) is 0.298. The van der Waals surface area contributed by atoms with E-state index in [0.717, 1.165) is 11.1 Å². The van der Waals surface area contributed by atoms with Crippen molar-refractivity contribution in [3.8, 4) is 11.5 Å². The number of halogens is 2. The van der Waals surface area contributed by atoms with Crippen LogP contribution in [0, 0.1) is 5.82 Å². The molecule has 34 heavy (non-hydrogen) atoms. The summed E-state index contributed by atoms with van der Waals surface area (Å²) in [6.45, 7) is 2.67. The van der Waals surface area contributed by atoms with Gasteiger partial charge in [-0.15, -0.1) is 0 Å². The molecule has 0 aromatic heterocycles. The Bertz CT molecular complexity index is 1230. The van der Waals surface area contributed by atoms with Crippen LogP contribution in [0.3, 0.4) is 0 Å². The van der Waals surface area contributed by atoms with E-state index in [9.17, 15) is 9.18 Å². The number of hydrogen-bond acceptors (Lipinski definition) is 5. The minimum atomic E-state index is -0.431. The van der Waals surface area contributed by atoms with Gasteiger partial charge in [-0.2, -0.15) is 0 Å². The number of rotatable bonds is 8. The smallest absolute Gasteiger partial charge is 0.266 e. The van der Waals surface area contributed by atoms with Crippen LogP contribution in [-0.4, -0.2) is 21.7 Å². The standard InChI is InChI=1S/C26H21ClFNO3S2/c1-2-31-23-13-18(11-12-22(23)32-16-19-20(27)9-6-10-21(19)28)14-24-25(30)29(26(33)34-24)15-17-7-4-3-5-8-17/h3-14H,2,15-16H2,1H3/b24-14+. The summed E-state index contributed by atoms with van der Waals surface area (Å²) >= 11 is 12.8. The van der Waals surface area contributed by atoms with Crippen molar-refractivity contribution in [2.45, 2.75) is 20.1 Å². The van der Waals surface area contributed by atoms with Gasteiger partial charge in [-0.25, -0.2) is 4.39 Å². The summed E-state index contributed by atoms with van der Waals surface area (Å²) in [6, 6.07) is 19.5. The van der Waals surface area contributed by atoms with E-state index in [1.54, 1.807) is 35.2 Å². The molecule has 3 aromatic rings. The summed E-state index contributed by atoms with van der Waals surface area (Å²) in [6.07, 6.45) is 1.78. The highest BCUT2D eigenvalue weighted by atomic mass is 35.5. The first-order valence-corrected chi connectivity index (χ1v) is 12.2. The lowest BCUT2D eigenvalue weighted by molar-refractivity contribution is -0.122. The number of ether oxygens (including phenoxy) is 2. The fourth-order valence-corrected chi connectivity index (χ4v) is 4.85. The van der Waals surface area contributed by atoms with Crippen LogP contribution in [0.2, 0.25) is 5.02 Å². The Morgan fingerprint density at radius 1 is 1.06 bits per heavy atom. The molecule has 0 spiro atoms. The van der Waals surface area contributed by atoms with E-state index in [2.05, 4.69) is 0 Å². The molecule has 3 aromatic carbocycles. The van der Waals surface area contributed by atoms with Gasteiger partial charge in [-0.05, 0) is 48.4 Å². The van der Waals surface area contributed by atoms with Crippen molar-refractivity contribution in [1.29, 1.82) is 0 Å². The average molecular weight is 514 g/mol. The lowest BCUT2D eigenvalue weighted by Gasteiger charge is -2.14. The lowest BCUT2D eigenvalue weighted by Crippen LogP contribution is -2.27. The molecule has 1 aliphatic heterocycles. The first kappa shape index (κ1) is 24.3. The maximum atomic E-state index is 14.1. The first-order chi connectivity index (χ1) is 16.5. The van der Waals surface area contributed by atoms with Gasteiger partial charge in [0.15, 0.2) is 11.5 Å². The molecule has 1 saturated heterocycles. The number of carbonyl (C=O) groups is 1. The van der Waals surface area contributed by atoms with Crippen LogP contribution in [-0.2, 0) is 17.9 Å². The van der Waals surface area contributed by atoms with Crippen molar-refractivity contribution in [2.75, 3.05) is 6.61 Å². The number of carbonyl (C=O) groups excluding carboxylic acids is 1. The van der Waals surface area contributed by atoms with Crippen molar-refractivity contribution in [3.63, 3.8) is 0 Å². The fourth-order valence-electron chi connectivity index (χ4n) is 3.38. The number of nitrogens with zero attached hydrogens (tertiary/aromatic N) is 1. The van der Waals surface area contributed by atoms with Crippen LogP contribution in [0.15, 0.2) is 71.6 Å². The third-order valence-electron chi connectivity index (χ3n) is 5.06.